The molecule has 8 aromatic carbocycles. The zero-order valence-corrected chi connectivity index (χ0v) is 33.2. The van der Waals surface area contributed by atoms with Crippen LogP contribution in [0.1, 0.15) is 36.1 Å². The summed E-state index contributed by atoms with van der Waals surface area (Å²) in [6, 6.07) is 58.2. The highest BCUT2D eigenvalue weighted by atomic mass is 15.0. The van der Waals surface area contributed by atoms with E-state index in [9.17, 15) is 0 Å². The molecular formula is C55H43N3. The highest BCUT2D eigenvalue weighted by Crippen LogP contribution is 2.40. The molecule has 1 heterocycles. The normalized spacial score (nSPS) is 11.7. The quantitative estimate of drug-likeness (QED) is 0.145. The van der Waals surface area contributed by atoms with Crippen molar-refractivity contribution in [1.29, 1.82) is 0 Å². The summed E-state index contributed by atoms with van der Waals surface area (Å²) in [5.74, 6) is 1.90. The number of nitrogens with zero attached hydrogens (tertiary/aromatic N) is 3. The number of rotatable bonds is 8. The van der Waals surface area contributed by atoms with Gasteiger partial charge in [-0.25, -0.2) is 15.0 Å². The van der Waals surface area contributed by atoms with Gasteiger partial charge in [0.15, 0.2) is 17.5 Å². The van der Waals surface area contributed by atoms with E-state index in [2.05, 4.69) is 179 Å². The molecule has 0 bridgehead atoms. The molecule has 0 aliphatic rings. The van der Waals surface area contributed by atoms with Crippen LogP contribution in [0, 0.1) is 13.8 Å². The van der Waals surface area contributed by atoms with Crippen molar-refractivity contribution < 1.29 is 0 Å². The summed E-state index contributed by atoms with van der Waals surface area (Å²) < 4.78 is 0. The molecule has 9 rings (SSSR count). The maximum Gasteiger partial charge on any atom is 0.164 e. The van der Waals surface area contributed by atoms with Crippen molar-refractivity contribution in [2.45, 2.75) is 27.7 Å². The maximum absolute atomic E-state index is 5.17. The van der Waals surface area contributed by atoms with Gasteiger partial charge in [0.25, 0.3) is 0 Å². The molecule has 3 heteroatoms. The van der Waals surface area contributed by atoms with Crippen molar-refractivity contribution in [1.82, 2.24) is 15.0 Å². The monoisotopic (exact) mass is 745 g/mol. The molecule has 0 radical (unpaired) electrons. The van der Waals surface area contributed by atoms with Gasteiger partial charge < -0.3 is 0 Å². The van der Waals surface area contributed by atoms with E-state index < -0.39 is 0 Å². The van der Waals surface area contributed by atoms with Crippen LogP contribution in [-0.2, 0) is 0 Å². The first-order chi connectivity index (χ1) is 28.5. The van der Waals surface area contributed by atoms with Gasteiger partial charge in [0, 0.05) is 16.7 Å². The van der Waals surface area contributed by atoms with Crippen LogP contribution in [0.25, 0.3) is 101 Å². The lowest BCUT2D eigenvalue weighted by atomic mass is 9.88. The average molecular weight is 746 g/mol. The summed E-state index contributed by atoms with van der Waals surface area (Å²) >= 11 is 0. The Hall–Kier alpha value is -7.23. The van der Waals surface area contributed by atoms with Gasteiger partial charge in [-0.1, -0.05) is 158 Å². The highest BCUT2D eigenvalue weighted by Gasteiger charge is 2.17. The molecule has 0 atom stereocenters. The molecule has 0 unspecified atom stereocenters. The van der Waals surface area contributed by atoms with Crippen molar-refractivity contribution >= 4 is 33.7 Å². The molecule has 9 aromatic rings. The van der Waals surface area contributed by atoms with E-state index in [1.54, 1.807) is 0 Å². The van der Waals surface area contributed by atoms with Crippen LogP contribution in [0.3, 0.4) is 0 Å². The molecule has 0 spiro atoms. The standard InChI is InChI=1S/C55H43N3/c1-5-17-42-34-51(47(18-6-2)37(4)36(42)3)39-29-27-38(28-30-39)44-31-45(52-35-43-23-13-14-24-48(43)49-25-15-16-26-50(49)52)33-46(32-44)55-57-53(40-19-9-7-10-20-40)56-54(58-55)41-21-11-8-12-22-41/h5-35H,1-4H3/b17-5-,18-6-. The van der Waals surface area contributed by atoms with Gasteiger partial charge in [-0.3, -0.25) is 0 Å². The SMILES string of the molecule is C/C=C\c1cc(-c2ccc(-c3cc(-c4nc(-c5ccccc5)nc(-c5ccccc5)n4)cc(-c4cc5ccccc5c5ccccc45)c3)cc2)c(/C=C\C)c(C)c1C. The van der Waals surface area contributed by atoms with E-state index in [-0.39, 0.29) is 0 Å². The lowest BCUT2D eigenvalue weighted by molar-refractivity contribution is 1.07. The summed E-state index contributed by atoms with van der Waals surface area (Å²) in [4.78, 5) is 15.3. The third kappa shape index (κ3) is 6.93. The second-order valence-corrected chi connectivity index (χ2v) is 14.8. The van der Waals surface area contributed by atoms with Gasteiger partial charge in [0.1, 0.15) is 0 Å². The minimum Gasteiger partial charge on any atom is -0.208 e. The van der Waals surface area contributed by atoms with Crippen molar-refractivity contribution in [3.63, 3.8) is 0 Å². The number of fused-ring (bicyclic) bond motifs is 3. The number of hydrogen-bond acceptors (Lipinski definition) is 3. The Morgan fingerprint density at radius 2 is 0.879 bits per heavy atom. The molecule has 0 saturated heterocycles. The third-order valence-electron chi connectivity index (χ3n) is 11.2. The number of aromatic nitrogens is 3. The number of benzene rings is 8. The first kappa shape index (κ1) is 36.4. The van der Waals surface area contributed by atoms with Crippen LogP contribution in [0.2, 0.25) is 0 Å². The zero-order chi connectivity index (χ0) is 39.6. The Kier molecular flexibility index (Phi) is 9.87. The van der Waals surface area contributed by atoms with Crippen molar-refractivity contribution in [3.8, 4) is 67.5 Å². The van der Waals surface area contributed by atoms with Crippen molar-refractivity contribution in [2.24, 2.45) is 0 Å². The van der Waals surface area contributed by atoms with E-state index in [0.717, 1.165) is 38.9 Å². The van der Waals surface area contributed by atoms with E-state index in [1.165, 1.54) is 54.9 Å². The van der Waals surface area contributed by atoms with Crippen LogP contribution < -0.4 is 0 Å². The summed E-state index contributed by atoms with van der Waals surface area (Å²) in [5, 5.41) is 4.88. The smallest absolute Gasteiger partial charge is 0.164 e. The predicted molar refractivity (Wildman–Crippen MR) is 246 cm³/mol. The van der Waals surface area contributed by atoms with Crippen molar-refractivity contribution in [3.05, 3.63) is 198 Å². The van der Waals surface area contributed by atoms with Gasteiger partial charge in [-0.2, -0.15) is 0 Å². The van der Waals surface area contributed by atoms with Crippen LogP contribution in [0.4, 0.5) is 0 Å². The topological polar surface area (TPSA) is 38.7 Å². The molecule has 0 N–H and O–H groups in total. The van der Waals surface area contributed by atoms with E-state index in [4.69, 9.17) is 15.0 Å². The largest absolute Gasteiger partial charge is 0.208 e. The fourth-order valence-electron chi connectivity index (χ4n) is 8.09. The molecule has 1 aromatic heterocycles. The Morgan fingerprint density at radius 1 is 0.362 bits per heavy atom. The minimum absolute atomic E-state index is 0.625. The number of hydrogen-bond donors (Lipinski definition) is 0. The fraction of sp³-hybridized carbons (Fsp3) is 0.0727. The first-order valence-corrected chi connectivity index (χ1v) is 19.9. The Morgan fingerprint density at radius 3 is 1.52 bits per heavy atom. The lowest BCUT2D eigenvalue weighted by Crippen LogP contribution is -2.00. The third-order valence-corrected chi connectivity index (χ3v) is 11.2. The summed E-state index contributed by atoms with van der Waals surface area (Å²) in [6.45, 7) is 8.61. The minimum atomic E-state index is 0.625. The van der Waals surface area contributed by atoms with E-state index in [1.807, 2.05) is 36.4 Å². The highest BCUT2D eigenvalue weighted by molar-refractivity contribution is 6.14. The molecule has 0 amide bonds. The maximum atomic E-state index is 5.17. The fourth-order valence-corrected chi connectivity index (χ4v) is 8.09. The van der Waals surface area contributed by atoms with Gasteiger partial charge in [0.2, 0.25) is 0 Å². The van der Waals surface area contributed by atoms with Crippen LogP contribution >= 0.6 is 0 Å². The molecule has 0 aliphatic heterocycles. The lowest BCUT2D eigenvalue weighted by Gasteiger charge is -2.17. The molecule has 3 nitrogen and oxygen atoms in total. The summed E-state index contributed by atoms with van der Waals surface area (Å²) in [7, 11) is 0. The molecular weight excluding hydrogens is 703 g/mol. The molecule has 0 saturated carbocycles. The first-order valence-electron chi connectivity index (χ1n) is 19.9. The van der Waals surface area contributed by atoms with Gasteiger partial charge >= 0.3 is 0 Å². The molecule has 278 valence electrons. The van der Waals surface area contributed by atoms with Crippen LogP contribution in [-0.4, -0.2) is 15.0 Å². The molecule has 0 fully saturated rings. The van der Waals surface area contributed by atoms with Gasteiger partial charge in [-0.05, 0) is 135 Å². The van der Waals surface area contributed by atoms with Gasteiger partial charge in [0.05, 0.1) is 0 Å². The summed E-state index contributed by atoms with van der Waals surface area (Å²) in [6.07, 6.45) is 8.69. The Labute approximate surface area is 340 Å². The summed E-state index contributed by atoms with van der Waals surface area (Å²) in [5.41, 5.74) is 14.8. The predicted octanol–water partition coefficient (Wildman–Crippen LogP) is 14.9. The van der Waals surface area contributed by atoms with Gasteiger partial charge in [-0.15, -0.1) is 0 Å². The Balaban J connectivity index is 1.27. The van der Waals surface area contributed by atoms with Crippen LogP contribution in [0.5, 0.6) is 0 Å². The second kappa shape index (κ2) is 15.7. The average Bonchev–Trinajstić information content (AvgIpc) is 3.29. The molecule has 58 heavy (non-hydrogen) atoms. The van der Waals surface area contributed by atoms with Crippen molar-refractivity contribution in [2.75, 3.05) is 0 Å². The zero-order valence-electron chi connectivity index (χ0n) is 33.2. The molecule has 0 aliphatic carbocycles. The van der Waals surface area contributed by atoms with E-state index >= 15 is 0 Å². The number of allylic oxidation sites excluding steroid dienone is 2. The van der Waals surface area contributed by atoms with E-state index in [0.29, 0.717) is 17.5 Å². The second-order valence-electron chi connectivity index (χ2n) is 14.8. The Bertz CT molecular complexity index is 2960. The van der Waals surface area contributed by atoms with Crippen LogP contribution in [0.15, 0.2) is 176 Å².